The first-order valence-electron chi connectivity index (χ1n) is 5.59. The fraction of sp³-hybridized carbons (Fsp3) is 0.308. The molecule has 1 amide bonds. The van der Waals surface area contributed by atoms with Crippen molar-refractivity contribution in [2.24, 2.45) is 0 Å². The van der Waals surface area contributed by atoms with Crippen molar-refractivity contribution in [3.8, 4) is 5.75 Å². The summed E-state index contributed by atoms with van der Waals surface area (Å²) in [4.78, 5) is 13.3. The van der Waals surface area contributed by atoms with Gasteiger partial charge < -0.3 is 15.1 Å². The Morgan fingerprint density at radius 3 is 2.65 bits per heavy atom. The van der Waals surface area contributed by atoms with E-state index in [1.807, 2.05) is 0 Å². The second kappa shape index (κ2) is 5.01. The number of nitrogens with zero attached hydrogens (tertiary/aromatic N) is 1. The van der Waals surface area contributed by atoms with E-state index in [0.29, 0.717) is 19.5 Å². The highest BCUT2D eigenvalue weighted by Gasteiger charge is 2.22. The van der Waals surface area contributed by atoms with Crippen LogP contribution in [-0.4, -0.2) is 40.2 Å². The minimum absolute atomic E-state index is 0.0883. The Hall–Kier alpha value is -1.81. The van der Waals surface area contributed by atoms with Gasteiger partial charge in [-0.25, -0.2) is 0 Å². The van der Waals surface area contributed by atoms with E-state index in [0.717, 1.165) is 5.56 Å². The third-order valence-electron chi connectivity index (χ3n) is 2.79. The van der Waals surface area contributed by atoms with Crippen LogP contribution < -0.4 is 0 Å². The van der Waals surface area contributed by atoms with Gasteiger partial charge in [-0.3, -0.25) is 4.79 Å². The van der Waals surface area contributed by atoms with Crippen LogP contribution in [0.2, 0.25) is 0 Å². The van der Waals surface area contributed by atoms with Crippen molar-refractivity contribution in [3.63, 3.8) is 0 Å². The molecule has 2 rings (SSSR count). The molecule has 4 heteroatoms. The quantitative estimate of drug-likeness (QED) is 0.749. The molecule has 0 aromatic heterocycles. The topological polar surface area (TPSA) is 60.8 Å². The van der Waals surface area contributed by atoms with E-state index in [1.165, 1.54) is 6.08 Å². The smallest absolute Gasteiger partial charge is 0.246 e. The van der Waals surface area contributed by atoms with Crippen LogP contribution in [0.3, 0.4) is 0 Å². The van der Waals surface area contributed by atoms with Crippen LogP contribution >= 0.6 is 0 Å². The minimum atomic E-state index is -0.388. The normalized spacial score (nSPS) is 20.1. The predicted octanol–water partition coefficient (Wildman–Crippen LogP) is 0.999. The highest BCUT2D eigenvalue weighted by atomic mass is 16.3. The van der Waals surface area contributed by atoms with Crippen molar-refractivity contribution >= 4 is 12.0 Å². The summed E-state index contributed by atoms with van der Waals surface area (Å²) in [5.41, 5.74) is 0.857. The molecule has 1 aromatic rings. The van der Waals surface area contributed by atoms with Crippen molar-refractivity contribution in [3.05, 3.63) is 35.9 Å². The molecule has 2 N–H and O–H groups in total. The molecule has 1 aliphatic heterocycles. The van der Waals surface area contributed by atoms with Crippen molar-refractivity contribution in [2.75, 3.05) is 13.1 Å². The summed E-state index contributed by atoms with van der Waals surface area (Å²) in [7, 11) is 0. The number of rotatable bonds is 2. The minimum Gasteiger partial charge on any atom is -0.508 e. The Labute approximate surface area is 99.8 Å². The first-order chi connectivity index (χ1) is 8.15. The molecule has 1 aromatic carbocycles. The molecule has 0 radical (unpaired) electrons. The zero-order valence-electron chi connectivity index (χ0n) is 9.41. The second-order valence-electron chi connectivity index (χ2n) is 4.15. The van der Waals surface area contributed by atoms with Gasteiger partial charge in [0, 0.05) is 19.2 Å². The highest BCUT2D eigenvalue weighted by molar-refractivity contribution is 5.92. The Bertz CT molecular complexity index is 425. The summed E-state index contributed by atoms with van der Waals surface area (Å²) in [5.74, 6) is 0.116. The number of hydrogen-bond acceptors (Lipinski definition) is 3. The first kappa shape index (κ1) is 11.7. The molecule has 1 fully saturated rings. The SMILES string of the molecule is O=C(C=Cc1ccc(O)cc1)N1CC[C@H](O)C1. The molecule has 1 heterocycles. The Morgan fingerprint density at radius 2 is 2.06 bits per heavy atom. The van der Waals surface area contributed by atoms with Gasteiger partial charge in [-0.1, -0.05) is 12.1 Å². The zero-order valence-corrected chi connectivity index (χ0v) is 9.41. The van der Waals surface area contributed by atoms with Gasteiger partial charge in [0.25, 0.3) is 0 Å². The molecular weight excluding hydrogens is 218 g/mol. The molecule has 0 spiro atoms. The van der Waals surface area contributed by atoms with Crippen LogP contribution in [-0.2, 0) is 4.79 Å². The number of benzene rings is 1. The van der Waals surface area contributed by atoms with E-state index in [1.54, 1.807) is 35.2 Å². The molecular formula is C13H15NO3. The Balaban J connectivity index is 1.96. The number of carbonyl (C=O) groups is 1. The van der Waals surface area contributed by atoms with E-state index < -0.39 is 0 Å². The highest BCUT2D eigenvalue weighted by Crippen LogP contribution is 2.12. The van der Waals surface area contributed by atoms with Crippen LogP contribution in [0.15, 0.2) is 30.3 Å². The maximum atomic E-state index is 11.7. The fourth-order valence-electron chi connectivity index (χ4n) is 1.80. The third-order valence-corrected chi connectivity index (χ3v) is 2.79. The number of aliphatic hydroxyl groups excluding tert-OH is 1. The van der Waals surface area contributed by atoms with Crippen molar-refractivity contribution in [1.29, 1.82) is 0 Å². The van der Waals surface area contributed by atoms with Crippen molar-refractivity contribution in [2.45, 2.75) is 12.5 Å². The lowest BCUT2D eigenvalue weighted by Crippen LogP contribution is -2.27. The van der Waals surface area contributed by atoms with Gasteiger partial charge in [0.2, 0.25) is 5.91 Å². The number of aliphatic hydroxyl groups is 1. The van der Waals surface area contributed by atoms with E-state index in [9.17, 15) is 9.90 Å². The Morgan fingerprint density at radius 1 is 1.35 bits per heavy atom. The number of aromatic hydroxyl groups is 1. The lowest BCUT2D eigenvalue weighted by molar-refractivity contribution is -0.125. The monoisotopic (exact) mass is 233 g/mol. The number of phenols is 1. The van der Waals surface area contributed by atoms with Gasteiger partial charge in [-0.15, -0.1) is 0 Å². The van der Waals surface area contributed by atoms with Crippen LogP contribution in [0, 0.1) is 0 Å². The maximum Gasteiger partial charge on any atom is 0.246 e. The summed E-state index contributed by atoms with van der Waals surface area (Å²) >= 11 is 0. The second-order valence-corrected chi connectivity index (χ2v) is 4.15. The van der Waals surface area contributed by atoms with E-state index in [4.69, 9.17) is 5.11 Å². The average molecular weight is 233 g/mol. The summed E-state index contributed by atoms with van der Waals surface area (Å²) in [6.45, 7) is 1.03. The standard InChI is InChI=1S/C13H15NO3/c15-11-4-1-10(2-5-11)3-6-13(17)14-8-7-12(16)9-14/h1-6,12,15-16H,7-9H2/t12-/m0/s1. The summed E-state index contributed by atoms with van der Waals surface area (Å²) < 4.78 is 0. The largest absolute Gasteiger partial charge is 0.508 e. The summed E-state index contributed by atoms with van der Waals surface area (Å²) in [5, 5.41) is 18.4. The maximum absolute atomic E-state index is 11.7. The van der Waals surface area contributed by atoms with Gasteiger partial charge >= 0.3 is 0 Å². The number of phenolic OH excluding ortho intramolecular Hbond substituents is 1. The fourth-order valence-corrected chi connectivity index (χ4v) is 1.80. The number of β-amino-alcohol motifs (C(OH)–C–C–N with tert-alkyl or cyclic N) is 1. The molecule has 90 valence electrons. The van der Waals surface area contributed by atoms with Gasteiger partial charge in [-0.2, -0.15) is 0 Å². The van der Waals surface area contributed by atoms with Crippen LogP contribution in [0.1, 0.15) is 12.0 Å². The summed E-state index contributed by atoms with van der Waals surface area (Å²) in [6.07, 6.45) is 3.45. The molecule has 0 saturated carbocycles. The van der Waals surface area contributed by atoms with Crippen LogP contribution in [0.25, 0.3) is 6.08 Å². The molecule has 0 bridgehead atoms. The van der Waals surface area contributed by atoms with Crippen LogP contribution in [0.5, 0.6) is 5.75 Å². The molecule has 1 atom stereocenters. The molecule has 4 nitrogen and oxygen atoms in total. The van der Waals surface area contributed by atoms with Gasteiger partial charge in [0.15, 0.2) is 0 Å². The Kier molecular flexibility index (Phi) is 3.44. The van der Waals surface area contributed by atoms with Gasteiger partial charge in [0.1, 0.15) is 5.75 Å². The molecule has 0 aliphatic carbocycles. The first-order valence-corrected chi connectivity index (χ1v) is 5.59. The van der Waals surface area contributed by atoms with Gasteiger partial charge in [0.05, 0.1) is 6.10 Å². The predicted molar refractivity (Wildman–Crippen MR) is 64.3 cm³/mol. The van der Waals surface area contributed by atoms with Gasteiger partial charge in [-0.05, 0) is 30.2 Å². The molecule has 1 aliphatic rings. The number of carbonyl (C=O) groups excluding carboxylic acids is 1. The summed E-state index contributed by atoms with van der Waals surface area (Å²) in [6, 6.07) is 6.61. The van der Waals surface area contributed by atoms with E-state index >= 15 is 0 Å². The lowest BCUT2D eigenvalue weighted by Gasteiger charge is -2.12. The molecule has 1 saturated heterocycles. The molecule has 0 unspecified atom stereocenters. The van der Waals surface area contributed by atoms with Crippen LogP contribution in [0.4, 0.5) is 0 Å². The number of likely N-dealkylation sites (tertiary alicyclic amines) is 1. The van der Waals surface area contributed by atoms with Crippen molar-refractivity contribution in [1.82, 2.24) is 4.90 Å². The van der Waals surface area contributed by atoms with E-state index in [2.05, 4.69) is 0 Å². The molecule has 17 heavy (non-hydrogen) atoms. The number of hydrogen-bond donors (Lipinski definition) is 2. The van der Waals surface area contributed by atoms with E-state index in [-0.39, 0.29) is 17.8 Å². The zero-order chi connectivity index (χ0) is 12.3. The van der Waals surface area contributed by atoms with Crippen molar-refractivity contribution < 1.29 is 15.0 Å². The number of amides is 1. The third kappa shape index (κ3) is 3.07. The lowest BCUT2D eigenvalue weighted by atomic mass is 10.2. The average Bonchev–Trinajstić information content (AvgIpc) is 2.75.